The number of H-pyrrole nitrogens is 1. The van der Waals surface area contributed by atoms with Crippen LogP contribution in [0, 0.1) is 5.82 Å². The van der Waals surface area contributed by atoms with E-state index in [0.717, 1.165) is 0 Å². The zero-order valence-corrected chi connectivity index (χ0v) is 7.54. The summed E-state index contributed by atoms with van der Waals surface area (Å²) in [5.41, 5.74) is -2.02. The van der Waals surface area contributed by atoms with Crippen molar-refractivity contribution in [2.24, 2.45) is 0 Å². The first-order chi connectivity index (χ1) is 6.56. The van der Waals surface area contributed by atoms with Gasteiger partial charge in [0.05, 0.1) is 6.20 Å². The van der Waals surface area contributed by atoms with Gasteiger partial charge in [0.15, 0.2) is 0 Å². The number of hydrogen-bond acceptors (Lipinski definition) is 3. The van der Waals surface area contributed by atoms with Gasteiger partial charge in [0.1, 0.15) is 0 Å². The van der Waals surface area contributed by atoms with Gasteiger partial charge < -0.3 is 0 Å². The number of aromatic nitrogens is 2. The number of halogens is 1. The minimum atomic E-state index is -1.14. The first-order valence-corrected chi connectivity index (χ1v) is 4.11. The molecule has 0 aliphatic carbocycles. The second-order valence-corrected chi connectivity index (χ2v) is 2.75. The number of carbonyl (C=O) groups excluding carboxylic acids is 1. The summed E-state index contributed by atoms with van der Waals surface area (Å²) >= 11 is 0. The summed E-state index contributed by atoms with van der Waals surface area (Å²) in [6, 6.07) is 0. The molecule has 5 nitrogen and oxygen atoms in total. The molecule has 0 bridgehead atoms. The van der Waals surface area contributed by atoms with Crippen molar-refractivity contribution < 1.29 is 9.18 Å². The lowest BCUT2D eigenvalue weighted by molar-refractivity contribution is 0.0894. The molecule has 1 aromatic rings. The molecule has 0 saturated heterocycles. The van der Waals surface area contributed by atoms with E-state index in [4.69, 9.17) is 0 Å². The maximum atomic E-state index is 12.7. The van der Waals surface area contributed by atoms with Gasteiger partial charge in [0.2, 0.25) is 11.7 Å². The van der Waals surface area contributed by atoms with Crippen molar-refractivity contribution in [1.82, 2.24) is 9.55 Å². The zero-order valence-electron chi connectivity index (χ0n) is 7.54. The number of hydrogen-bond donors (Lipinski definition) is 1. The number of rotatable bonds is 2. The van der Waals surface area contributed by atoms with E-state index in [0.29, 0.717) is 17.2 Å². The van der Waals surface area contributed by atoms with Crippen LogP contribution in [0.25, 0.3) is 0 Å². The summed E-state index contributed by atoms with van der Waals surface area (Å²) in [5.74, 6) is -1.68. The van der Waals surface area contributed by atoms with E-state index in [2.05, 4.69) is 0 Å². The Bertz CT molecular complexity index is 460. The third kappa shape index (κ3) is 1.95. The molecule has 0 radical (unpaired) electrons. The van der Waals surface area contributed by atoms with E-state index in [9.17, 15) is 18.8 Å². The highest BCUT2D eigenvalue weighted by Gasteiger charge is 2.09. The highest BCUT2D eigenvalue weighted by molar-refractivity contribution is 5.78. The van der Waals surface area contributed by atoms with E-state index in [1.165, 1.54) is 0 Å². The minimum Gasteiger partial charge on any atom is -0.274 e. The molecule has 1 N–H and O–H groups in total. The Morgan fingerprint density at radius 2 is 2.21 bits per heavy atom. The van der Waals surface area contributed by atoms with Gasteiger partial charge in [-0.05, 0) is 6.42 Å². The molecule has 0 aliphatic heterocycles. The predicted octanol–water partition coefficient (Wildman–Crippen LogP) is 0.116. The van der Waals surface area contributed by atoms with Crippen molar-refractivity contribution in [3.63, 3.8) is 0 Å². The molecule has 0 unspecified atom stereocenters. The van der Waals surface area contributed by atoms with E-state index in [-0.39, 0.29) is 6.42 Å². The Morgan fingerprint density at radius 1 is 1.57 bits per heavy atom. The van der Waals surface area contributed by atoms with Crippen molar-refractivity contribution in [2.45, 2.75) is 19.8 Å². The van der Waals surface area contributed by atoms with Crippen molar-refractivity contribution in [2.75, 3.05) is 0 Å². The van der Waals surface area contributed by atoms with Crippen LogP contribution >= 0.6 is 0 Å². The van der Waals surface area contributed by atoms with Crippen LogP contribution < -0.4 is 11.2 Å². The van der Waals surface area contributed by atoms with E-state index in [1.54, 1.807) is 11.9 Å². The van der Waals surface area contributed by atoms with Crippen molar-refractivity contribution in [1.29, 1.82) is 0 Å². The van der Waals surface area contributed by atoms with Gasteiger partial charge in [-0.15, -0.1) is 0 Å². The Labute approximate surface area is 78.2 Å². The number of nitrogens with zero attached hydrogens (tertiary/aromatic N) is 1. The molecule has 0 amide bonds. The van der Waals surface area contributed by atoms with Gasteiger partial charge in [-0.2, -0.15) is 4.39 Å². The maximum Gasteiger partial charge on any atom is 0.335 e. The molecule has 6 heteroatoms. The predicted molar refractivity (Wildman–Crippen MR) is 46.8 cm³/mol. The molecule has 0 aliphatic rings. The van der Waals surface area contributed by atoms with E-state index >= 15 is 0 Å². The Balaban J connectivity index is 3.23. The number of nitrogens with one attached hydrogen (secondary N) is 1. The summed E-state index contributed by atoms with van der Waals surface area (Å²) < 4.78 is 13.3. The Morgan fingerprint density at radius 3 is 2.79 bits per heavy atom. The second-order valence-electron chi connectivity index (χ2n) is 2.75. The maximum absolute atomic E-state index is 12.7. The van der Waals surface area contributed by atoms with Crippen LogP contribution in [0.3, 0.4) is 0 Å². The molecule has 0 fully saturated rings. The highest BCUT2D eigenvalue weighted by Crippen LogP contribution is 1.92. The molecule has 1 rings (SSSR count). The van der Waals surface area contributed by atoms with E-state index in [1.807, 2.05) is 0 Å². The van der Waals surface area contributed by atoms with Crippen LogP contribution in [-0.4, -0.2) is 15.5 Å². The molecule has 0 atom stereocenters. The summed E-state index contributed by atoms with van der Waals surface area (Å²) in [7, 11) is 0. The molecule has 76 valence electrons. The van der Waals surface area contributed by atoms with Crippen molar-refractivity contribution in [3.8, 4) is 0 Å². The first kappa shape index (κ1) is 10.4. The highest BCUT2D eigenvalue weighted by atomic mass is 19.1. The van der Waals surface area contributed by atoms with Gasteiger partial charge >= 0.3 is 5.69 Å². The van der Waals surface area contributed by atoms with Crippen LogP contribution in [0.5, 0.6) is 0 Å². The summed E-state index contributed by atoms with van der Waals surface area (Å²) in [6.45, 7) is 1.75. The van der Waals surface area contributed by atoms with Crippen LogP contribution in [0.15, 0.2) is 15.8 Å². The normalized spacial score (nSPS) is 10.1. The number of aromatic amines is 1. The lowest BCUT2D eigenvalue weighted by atomic mass is 10.3. The molecule has 1 aromatic heterocycles. The standard InChI is InChI=1S/C8H9FN2O3/c1-2-3-6(12)11-4-5(9)7(13)10-8(11)14/h4H,2-3H2,1H3,(H,10,13,14). The van der Waals surface area contributed by atoms with Crippen molar-refractivity contribution in [3.05, 3.63) is 32.9 Å². The summed E-state index contributed by atoms with van der Waals surface area (Å²) in [6.07, 6.45) is 1.29. The quantitative estimate of drug-likeness (QED) is 0.736. The summed E-state index contributed by atoms with van der Waals surface area (Å²) in [5, 5.41) is 0. The topological polar surface area (TPSA) is 71.9 Å². The molecule has 0 aromatic carbocycles. The fourth-order valence-corrected chi connectivity index (χ4v) is 0.967. The van der Waals surface area contributed by atoms with Crippen LogP contribution in [0.2, 0.25) is 0 Å². The fraction of sp³-hybridized carbons (Fsp3) is 0.375. The molecular weight excluding hydrogens is 191 g/mol. The molecular formula is C8H9FN2O3. The average Bonchev–Trinajstić information content (AvgIpc) is 2.11. The minimum absolute atomic E-state index is 0.130. The Kier molecular flexibility index (Phi) is 2.95. The Hall–Kier alpha value is -1.72. The van der Waals surface area contributed by atoms with Crippen LogP contribution in [0.4, 0.5) is 4.39 Å². The monoisotopic (exact) mass is 200 g/mol. The lowest BCUT2D eigenvalue weighted by Gasteiger charge is -2.01. The molecule has 0 spiro atoms. The van der Waals surface area contributed by atoms with Crippen LogP contribution in [0.1, 0.15) is 24.6 Å². The fourth-order valence-electron chi connectivity index (χ4n) is 0.967. The van der Waals surface area contributed by atoms with Gasteiger partial charge in [-0.25, -0.2) is 9.36 Å². The SMILES string of the molecule is CCCC(=O)n1cc(F)c(=O)[nH]c1=O. The lowest BCUT2D eigenvalue weighted by Crippen LogP contribution is -2.34. The molecule has 14 heavy (non-hydrogen) atoms. The van der Waals surface area contributed by atoms with Gasteiger partial charge in [-0.3, -0.25) is 14.6 Å². The van der Waals surface area contributed by atoms with Gasteiger partial charge in [0.25, 0.3) is 5.56 Å². The van der Waals surface area contributed by atoms with Gasteiger partial charge in [-0.1, -0.05) is 6.92 Å². The zero-order chi connectivity index (χ0) is 10.7. The smallest absolute Gasteiger partial charge is 0.274 e. The molecule has 0 saturated carbocycles. The second kappa shape index (κ2) is 3.99. The van der Waals surface area contributed by atoms with Crippen LogP contribution in [-0.2, 0) is 0 Å². The number of carbonyl (C=O) groups is 1. The van der Waals surface area contributed by atoms with Crippen molar-refractivity contribution >= 4 is 5.91 Å². The third-order valence-electron chi connectivity index (χ3n) is 1.63. The average molecular weight is 200 g/mol. The summed E-state index contributed by atoms with van der Waals surface area (Å²) in [4.78, 5) is 34.6. The first-order valence-electron chi connectivity index (χ1n) is 4.11. The van der Waals surface area contributed by atoms with Gasteiger partial charge in [0, 0.05) is 6.42 Å². The van der Waals surface area contributed by atoms with E-state index < -0.39 is 23.0 Å². The largest absolute Gasteiger partial charge is 0.335 e. The molecule has 1 heterocycles. The third-order valence-corrected chi connectivity index (χ3v) is 1.63.